The van der Waals surface area contributed by atoms with E-state index in [2.05, 4.69) is 4.98 Å². The molecule has 1 aromatic heterocycles. The molecule has 0 N–H and O–H groups in total. The van der Waals surface area contributed by atoms with Crippen LogP contribution >= 0.6 is 0 Å². The summed E-state index contributed by atoms with van der Waals surface area (Å²) in [5.74, 6) is 1.32. The average molecular weight is 300 g/mol. The second-order valence-electron chi connectivity index (χ2n) is 4.74. The van der Waals surface area contributed by atoms with Gasteiger partial charge in [0, 0.05) is 31.0 Å². The Bertz CT molecular complexity index is 629. The molecule has 5 heteroatoms. The molecule has 0 fully saturated rings. The molecule has 1 aromatic carbocycles. The minimum atomic E-state index is -0.0142. The molecular weight excluding hydrogens is 280 g/mol. The highest BCUT2D eigenvalue weighted by Gasteiger charge is 2.15. The molecule has 22 heavy (non-hydrogen) atoms. The van der Waals surface area contributed by atoms with E-state index < -0.39 is 0 Å². The zero-order valence-corrected chi connectivity index (χ0v) is 13.1. The van der Waals surface area contributed by atoms with Gasteiger partial charge in [0.05, 0.1) is 14.2 Å². The molecule has 0 aliphatic rings. The predicted molar refractivity (Wildman–Crippen MR) is 84.2 cm³/mol. The van der Waals surface area contributed by atoms with Crippen molar-refractivity contribution in [1.82, 2.24) is 9.88 Å². The number of amides is 1. The number of carbonyl (C=O) groups is 1. The van der Waals surface area contributed by atoms with Crippen molar-refractivity contribution in [3.63, 3.8) is 0 Å². The number of carbonyl (C=O) groups excluding carboxylic acids is 1. The minimum Gasteiger partial charge on any atom is -0.493 e. The fourth-order valence-corrected chi connectivity index (χ4v) is 2.20. The van der Waals surface area contributed by atoms with E-state index in [0.717, 1.165) is 5.56 Å². The Kier molecular flexibility index (Phi) is 5.36. The van der Waals surface area contributed by atoms with Crippen LogP contribution in [0.25, 0.3) is 0 Å². The number of pyridine rings is 1. The van der Waals surface area contributed by atoms with E-state index in [1.807, 2.05) is 25.1 Å². The summed E-state index contributed by atoms with van der Waals surface area (Å²) >= 11 is 0. The van der Waals surface area contributed by atoms with Crippen molar-refractivity contribution in [2.24, 2.45) is 0 Å². The van der Waals surface area contributed by atoms with E-state index in [0.29, 0.717) is 30.2 Å². The van der Waals surface area contributed by atoms with Crippen molar-refractivity contribution in [2.45, 2.75) is 13.5 Å². The van der Waals surface area contributed by atoms with Crippen molar-refractivity contribution in [1.29, 1.82) is 0 Å². The maximum atomic E-state index is 12.5. The Morgan fingerprint density at radius 3 is 2.36 bits per heavy atom. The Morgan fingerprint density at radius 1 is 1.09 bits per heavy atom. The van der Waals surface area contributed by atoms with Crippen molar-refractivity contribution >= 4 is 5.91 Å². The third kappa shape index (κ3) is 3.55. The quantitative estimate of drug-likeness (QED) is 0.823. The first-order valence-electron chi connectivity index (χ1n) is 7.09. The second-order valence-corrected chi connectivity index (χ2v) is 4.74. The highest BCUT2D eigenvalue weighted by molar-refractivity contribution is 5.94. The molecule has 2 aromatic rings. The Morgan fingerprint density at radius 2 is 1.77 bits per heavy atom. The average Bonchev–Trinajstić information content (AvgIpc) is 2.59. The van der Waals surface area contributed by atoms with Crippen LogP contribution in [0.5, 0.6) is 11.5 Å². The molecule has 0 aliphatic heterocycles. The van der Waals surface area contributed by atoms with Crippen LogP contribution in [-0.4, -0.2) is 36.6 Å². The highest BCUT2D eigenvalue weighted by atomic mass is 16.5. The zero-order chi connectivity index (χ0) is 15.9. The summed E-state index contributed by atoms with van der Waals surface area (Å²) in [6, 6.07) is 9.11. The van der Waals surface area contributed by atoms with Crippen LogP contribution in [0.15, 0.2) is 42.7 Å². The molecule has 0 unspecified atom stereocenters. The molecule has 1 amide bonds. The maximum Gasteiger partial charge on any atom is 0.254 e. The van der Waals surface area contributed by atoms with Gasteiger partial charge in [-0.1, -0.05) is 6.07 Å². The van der Waals surface area contributed by atoms with Crippen LogP contribution < -0.4 is 9.47 Å². The number of nitrogens with zero attached hydrogens (tertiary/aromatic N) is 2. The molecular formula is C17H20N2O3. The lowest BCUT2D eigenvalue weighted by Crippen LogP contribution is -2.30. The lowest BCUT2D eigenvalue weighted by molar-refractivity contribution is 0.0752. The molecule has 0 spiro atoms. The highest BCUT2D eigenvalue weighted by Crippen LogP contribution is 2.28. The Hall–Kier alpha value is -2.56. The van der Waals surface area contributed by atoms with Crippen molar-refractivity contribution < 1.29 is 14.3 Å². The van der Waals surface area contributed by atoms with E-state index in [9.17, 15) is 4.79 Å². The summed E-state index contributed by atoms with van der Waals surface area (Å²) < 4.78 is 10.5. The molecule has 0 saturated heterocycles. The molecule has 5 nitrogen and oxygen atoms in total. The van der Waals surface area contributed by atoms with Crippen molar-refractivity contribution in [3.8, 4) is 11.5 Å². The zero-order valence-electron chi connectivity index (χ0n) is 13.1. The van der Waals surface area contributed by atoms with Gasteiger partial charge in [-0.15, -0.1) is 0 Å². The smallest absolute Gasteiger partial charge is 0.254 e. The number of methoxy groups -OCH3 is 2. The summed E-state index contributed by atoms with van der Waals surface area (Å²) in [5, 5.41) is 0. The number of hydrogen-bond donors (Lipinski definition) is 0. The Balaban J connectivity index is 2.18. The fraction of sp³-hybridized carbons (Fsp3) is 0.294. The van der Waals surface area contributed by atoms with Gasteiger partial charge < -0.3 is 14.4 Å². The third-order valence-electron chi connectivity index (χ3n) is 3.42. The molecule has 0 atom stereocenters. The van der Waals surface area contributed by atoms with Crippen LogP contribution in [-0.2, 0) is 6.54 Å². The van der Waals surface area contributed by atoms with E-state index in [-0.39, 0.29) is 5.91 Å². The van der Waals surface area contributed by atoms with Crippen LogP contribution in [0.2, 0.25) is 0 Å². The van der Waals surface area contributed by atoms with Gasteiger partial charge in [-0.25, -0.2) is 0 Å². The summed E-state index contributed by atoms with van der Waals surface area (Å²) in [4.78, 5) is 18.2. The summed E-state index contributed by atoms with van der Waals surface area (Å²) in [6.07, 6.45) is 3.25. The number of ether oxygens (including phenoxy) is 2. The Labute approximate surface area is 130 Å². The number of hydrogen-bond acceptors (Lipinski definition) is 4. The molecule has 116 valence electrons. The van der Waals surface area contributed by atoms with Gasteiger partial charge in [-0.05, 0) is 36.8 Å². The number of rotatable bonds is 6. The van der Waals surface area contributed by atoms with Gasteiger partial charge in [0.25, 0.3) is 5.91 Å². The lowest BCUT2D eigenvalue weighted by atomic mass is 10.1. The van der Waals surface area contributed by atoms with Crippen molar-refractivity contribution in [3.05, 3.63) is 53.9 Å². The molecule has 1 heterocycles. The molecule has 2 rings (SSSR count). The lowest BCUT2D eigenvalue weighted by Gasteiger charge is -2.21. The normalized spacial score (nSPS) is 10.1. The first kappa shape index (κ1) is 15.8. The largest absolute Gasteiger partial charge is 0.493 e. The topological polar surface area (TPSA) is 51.7 Å². The van der Waals surface area contributed by atoms with E-state index in [1.54, 1.807) is 43.6 Å². The SMILES string of the molecule is CCN(Cc1ccc(OC)c(OC)c1)C(=O)c1ccncc1. The van der Waals surface area contributed by atoms with Gasteiger partial charge in [-0.3, -0.25) is 9.78 Å². The first-order valence-corrected chi connectivity index (χ1v) is 7.09. The van der Waals surface area contributed by atoms with E-state index in [4.69, 9.17) is 9.47 Å². The molecule has 0 bridgehead atoms. The van der Waals surface area contributed by atoms with Crippen LogP contribution in [0.1, 0.15) is 22.8 Å². The van der Waals surface area contributed by atoms with Gasteiger partial charge in [-0.2, -0.15) is 0 Å². The predicted octanol–water partition coefficient (Wildman–Crippen LogP) is 2.76. The standard InChI is InChI=1S/C17H20N2O3/c1-4-19(17(20)14-7-9-18-10-8-14)12-13-5-6-15(21-2)16(11-13)22-3/h5-11H,4,12H2,1-3H3. The van der Waals surface area contributed by atoms with Gasteiger partial charge in [0.1, 0.15) is 0 Å². The van der Waals surface area contributed by atoms with Crippen molar-refractivity contribution in [2.75, 3.05) is 20.8 Å². The maximum absolute atomic E-state index is 12.5. The van der Waals surface area contributed by atoms with Crippen LogP contribution in [0.4, 0.5) is 0 Å². The summed E-state index contributed by atoms with van der Waals surface area (Å²) in [6.45, 7) is 3.09. The molecule has 0 saturated carbocycles. The summed E-state index contributed by atoms with van der Waals surface area (Å²) in [5.41, 5.74) is 1.62. The van der Waals surface area contributed by atoms with E-state index in [1.165, 1.54) is 0 Å². The summed E-state index contributed by atoms with van der Waals surface area (Å²) in [7, 11) is 3.20. The van der Waals surface area contributed by atoms with Gasteiger partial charge >= 0.3 is 0 Å². The van der Waals surface area contributed by atoms with Crippen LogP contribution in [0, 0.1) is 0 Å². The molecule has 0 aliphatic carbocycles. The number of aromatic nitrogens is 1. The third-order valence-corrected chi connectivity index (χ3v) is 3.42. The fourth-order valence-electron chi connectivity index (χ4n) is 2.20. The van der Waals surface area contributed by atoms with Gasteiger partial charge in [0.2, 0.25) is 0 Å². The minimum absolute atomic E-state index is 0.0142. The monoisotopic (exact) mass is 300 g/mol. The first-order chi connectivity index (χ1) is 10.7. The number of benzene rings is 1. The second kappa shape index (κ2) is 7.45. The van der Waals surface area contributed by atoms with E-state index >= 15 is 0 Å². The van der Waals surface area contributed by atoms with Crippen LogP contribution in [0.3, 0.4) is 0 Å². The van der Waals surface area contributed by atoms with Gasteiger partial charge in [0.15, 0.2) is 11.5 Å². The molecule has 0 radical (unpaired) electrons.